The molecule has 2 aliphatic heterocycles. The molecule has 1 amide bonds. The van der Waals surface area contributed by atoms with Crippen molar-refractivity contribution in [1.82, 2.24) is 5.32 Å². The molecule has 0 aromatic heterocycles. The molecule has 4 nitrogen and oxygen atoms in total. The molecule has 2 aromatic carbocycles. The highest BCUT2D eigenvalue weighted by Gasteiger charge is 2.62. The number of nitrogens with zero attached hydrogens (tertiary/aromatic N) is 1. The Hall–Kier alpha value is -1.90. The highest BCUT2D eigenvalue weighted by molar-refractivity contribution is 8.00. The lowest BCUT2D eigenvalue weighted by Gasteiger charge is -2.38. The zero-order valence-electron chi connectivity index (χ0n) is 17.1. The third-order valence-electron chi connectivity index (χ3n) is 5.58. The maximum atomic E-state index is 14.2. The molecular weight excluding hydrogens is 484 g/mol. The molecule has 2 heterocycles. The fourth-order valence-electron chi connectivity index (χ4n) is 3.77. The van der Waals surface area contributed by atoms with Gasteiger partial charge in [-0.2, -0.15) is 24.9 Å². The van der Waals surface area contributed by atoms with Crippen LogP contribution in [-0.4, -0.2) is 34.8 Å². The molecule has 1 N–H and O–H groups in total. The van der Waals surface area contributed by atoms with Crippen LogP contribution in [0.3, 0.4) is 0 Å². The van der Waals surface area contributed by atoms with Gasteiger partial charge in [-0.05, 0) is 55.3 Å². The maximum Gasteiger partial charge on any atom is 0.435 e. The average molecular weight is 503 g/mol. The van der Waals surface area contributed by atoms with E-state index in [0.29, 0.717) is 16.7 Å². The van der Waals surface area contributed by atoms with E-state index in [2.05, 4.69) is 10.5 Å². The van der Waals surface area contributed by atoms with E-state index in [1.165, 1.54) is 18.2 Å². The lowest BCUT2D eigenvalue weighted by atomic mass is 9.86. The normalized spacial score (nSPS) is 22.0. The minimum Gasteiger partial charge on any atom is -0.374 e. The molecule has 32 heavy (non-hydrogen) atoms. The van der Waals surface area contributed by atoms with Gasteiger partial charge in [-0.3, -0.25) is 4.79 Å². The Labute approximate surface area is 197 Å². The van der Waals surface area contributed by atoms with Crippen LogP contribution in [0, 0.1) is 6.92 Å². The third kappa shape index (κ3) is 4.20. The lowest BCUT2D eigenvalue weighted by molar-refractivity contribution is -0.275. The molecule has 0 saturated carbocycles. The second kappa shape index (κ2) is 8.15. The predicted octanol–water partition coefficient (Wildman–Crippen LogP) is 6.12. The van der Waals surface area contributed by atoms with Crippen molar-refractivity contribution in [1.29, 1.82) is 0 Å². The first-order valence-corrected chi connectivity index (χ1v) is 11.6. The molecule has 1 saturated heterocycles. The summed E-state index contributed by atoms with van der Waals surface area (Å²) in [5, 5.41) is 6.92. The van der Waals surface area contributed by atoms with Gasteiger partial charge in [-0.1, -0.05) is 34.4 Å². The Morgan fingerprint density at radius 3 is 2.34 bits per heavy atom. The van der Waals surface area contributed by atoms with Crippen LogP contribution in [-0.2, 0) is 10.4 Å². The Kier molecular flexibility index (Phi) is 5.92. The van der Waals surface area contributed by atoms with Gasteiger partial charge in [0.2, 0.25) is 0 Å². The number of alkyl halides is 3. The van der Waals surface area contributed by atoms with Crippen molar-refractivity contribution in [2.75, 3.05) is 11.5 Å². The van der Waals surface area contributed by atoms with Gasteiger partial charge in [0.1, 0.15) is 0 Å². The number of oxime groups is 1. The third-order valence-corrected chi connectivity index (χ3v) is 7.69. The topological polar surface area (TPSA) is 50.7 Å². The number of amides is 1. The van der Waals surface area contributed by atoms with Crippen molar-refractivity contribution >= 4 is 46.6 Å². The zero-order valence-corrected chi connectivity index (χ0v) is 19.5. The molecule has 2 aliphatic rings. The number of rotatable bonds is 4. The number of nitrogens with one attached hydrogen (secondary N) is 1. The number of benzene rings is 2. The number of halogens is 5. The van der Waals surface area contributed by atoms with Crippen LogP contribution in [0.25, 0.3) is 0 Å². The van der Waals surface area contributed by atoms with Crippen molar-refractivity contribution in [3.05, 3.63) is 68.7 Å². The van der Waals surface area contributed by atoms with Crippen molar-refractivity contribution < 1.29 is 22.8 Å². The van der Waals surface area contributed by atoms with E-state index >= 15 is 0 Å². The van der Waals surface area contributed by atoms with Crippen molar-refractivity contribution in [3.63, 3.8) is 0 Å². The second-order valence-corrected chi connectivity index (χ2v) is 10.2. The monoisotopic (exact) mass is 502 g/mol. The molecule has 0 radical (unpaired) electrons. The van der Waals surface area contributed by atoms with Gasteiger partial charge in [0.05, 0.1) is 11.3 Å². The summed E-state index contributed by atoms with van der Waals surface area (Å²) in [7, 11) is 0. The number of aryl methyl sites for hydroxylation is 1. The van der Waals surface area contributed by atoms with Crippen LogP contribution in [0.4, 0.5) is 13.2 Å². The Morgan fingerprint density at radius 2 is 1.81 bits per heavy atom. The van der Waals surface area contributed by atoms with E-state index in [9.17, 15) is 18.0 Å². The van der Waals surface area contributed by atoms with Crippen LogP contribution in [0.15, 0.2) is 41.6 Å². The average Bonchev–Trinajstić information content (AvgIpc) is 3.12. The summed E-state index contributed by atoms with van der Waals surface area (Å²) in [6, 6.07) is 8.53. The molecule has 10 heteroatoms. The van der Waals surface area contributed by atoms with Crippen LogP contribution < -0.4 is 5.32 Å². The molecule has 0 spiro atoms. The van der Waals surface area contributed by atoms with Gasteiger partial charge in [0.15, 0.2) is 0 Å². The van der Waals surface area contributed by atoms with Gasteiger partial charge in [0.25, 0.3) is 11.5 Å². The summed E-state index contributed by atoms with van der Waals surface area (Å²) in [4.78, 5) is 17.7. The smallest absolute Gasteiger partial charge is 0.374 e. The number of thioether (sulfide) groups is 1. The zero-order chi connectivity index (χ0) is 23.3. The summed E-state index contributed by atoms with van der Waals surface area (Å²) < 4.78 is 42.5. The second-order valence-electron chi connectivity index (χ2n) is 8.33. The summed E-state index contributed by atoms with van der Waals surface area (Å²) in [5.41, 5.74) is -1.48. The minimum atomic E-state index is -4.77. The van der Waals surface area contributed by atoms with Gasteiger partial charge < -0.3 is 10.2 Å². The highest BCUT2D eigenvalue weighted by Crippen LogP contribution is 2.49. The predicted molar refractivity (Wildman–Crippen MR) is 121 cm³/mol. The van der Waals surface area contributed by atoms with Gasteiger partial charge in [-0.25, -0.2) is 0 Å². The molecule has 0 unspecified atom stereocenters. The first-order chi connectivity index (χ1) is 14.9. The van der Waals surface area contributed by atoms with Crippen LogP contribution in [0.2, 0.25) is 10.0 Å². The van der Waals surface area contributed by atoms with E-state index in [-0.39, 0.29) is 32.8 Å². The van der Waals surface area contributed by atoms with Crippen molar-refractivity contribution in [2.24, 2.45) is 5.16 Å². The quantitative estimate of drug-likeness (QED) is 0.547. The summed E-state index contributed by atoms with van der Waals surface area (Å²) >= 11 is 13.6. The fraction of sp³-hybridized carbons (Fsp3) is 0.364. The van der Waals surface area contributed by atoms with Gasteiger partial charge in [0, 0.05) is 39.1 Å². The molecule has 170 valence electrons. The van der Waals surface area contributed by atoms with Crippen LogP contribution in [0.1, 0.15) is 40.4 Å². The Balaban J connectivity index is 1.61. The number of hydrogen-bond donors (Lipinski definition) is 1. The molecule has 2 aromatic rings. The van der Waals surface area contributed by atoms with E-state index in [1.54, 1.807) is 36.9 Å². The molecule has 0 bridgehead atoms. The first-order valence-electron chi connectivity index (χ1n) is 9.72. The Morgan fingerprint density at radius 1 is 1.16 bits per heavy atom. The number of hydrogen-bond acceptors (Lipinski definition) is 4. The Bertz CT molecular complexity index is 1100. The van der Waals surface area contributed by atoms with E-state index in [4.69, 9.17) is 28.0 Å². The summed E-state index contributed by atoms with van der Waals surface area (Å²) in [5.74, 6) is 1.48. The SMILES string of the molecule is Cc1cc(C2=NO[C@@](c3cc(Cl)cc(Cl)c3)(C(F)(F)F)C2)ccc1C(=O)NC1(C)CSC1. The largest absolute Gasteiger partial charge is 0.435 e. The molecule has 4 rings (SSSR count). The molecule has 0 aliphatic carbocycles. The van der Waals surface area contributed by atoms with Crippen molar-refractivity contribution in [3.8, 4) is 0 Å². The lowest BCUT2D eigenvalue weighted by Crippen LogP contribution is -2.55. The van der Waals surface area contributed by atoms with E-state index in [0.717, 1.165) is 11.5 Å². The first kappa shape index (κ1) is 23.3. The van der Waals surface area contributed by atoms with Crippen LogP contribution >= 0.6 is 35.0 Å². The standard InChI is InChI=1S/C22H19Cl2F3N2O2S/c1-12-5-13(3-4-17(12)19(30)28-20(2)10-32-11-20)18-9-21(31-29-18,22(25,26)27)14-6-15(23)8-16(24)7-14/h3-8H,9-11H2,1-2H3,(H,28,30)/t21-/m0/s1. The minimum absolute atomic E-state index is 0.0675. The van der Waals surface area contributed by atoms with E-state index < -0.39 is 18.2 Å². The summed E-state index contributed by atoms with van der Waals surface area (Å²) in [6.45, 7) is 3.72. The molecule has 1 atom stereocenters. The number of carbonyl (C=O) groups is 1. The summed E-state index contributed by atoms with van der Waals surface area (Å²) in [6.07, 6.45) is -5.31. The maximum absolute atomic E-state index is 14.2. The number of carbonyl (C=O) groups excluding carboxylic acids is 1. The molecular formula is C22H19Cl2F3N2O2S. The van der Waals surface area contributed by atoms with Gasteiger partial charge >= 0.3 is 6.18 Å². The molecule has 1 fully saturated rings. The van der Waals surface area contributed by atoms with Crippen LogP contribution in [0.5, 0.6) is 0 Å². The fourth-order valence-corrected chi connectivity index (χ4v) is 5.25. The van der Waals surface area contributed by atoms with Gasteiger partial charge in [-0.15, -0.1) is 0 Å². The van der Waals surface area contributed by atoms with E-state index in [1.807, 2.05) is 6.92 Å². The highest BCUT2D eigenvalue weighted by atomic mass is 35.5. The van der Waals surface area contributed by atoms with Crippen molar-refractivity contribution in [2.45, 2.75) is 37.6 Å².